The van der Waals surface area contributed by atoms with Gasteiger partial charge in [-0.05, 0) is 36.2 Å². The fraction of sp³-hybridized carbons (Fsp3) is 0.316. The molecule has 1 aromatic carbocycles. The van der Waals surface area contributed by atoms with Gasteiger partial charge in [0.1, 0.15) is 5.39 Å². The van der Waals surface area contributed by atoms with E-state index in [-0.39, 0.29) is 11.2 Å². The molecule has 0 amide bonds. The van der Waals surface area contributed by atoms with Gasteiger partial charge < -0.3 is 10.2 Å². The lowest BCUT2D eigenvalue weighted by molar-refractivity contribution is 0.707. The van der Waals surface area contributed by atoms with Crippen LogP contribution in [0, 0.1) is 0 Å². The van der Waals surface area contributed by atoms with E-state index in [9.17, 15) is 9.59 Å². The summed E-state index contributed by atoms with van der Waals surface area (Å²) in [6.07, 6.45) is 2.44. The summed E-state index contributed by atoms with van der Waals surface area (Å²) < 4.78 is 2.51. The summed E-state index contributed by atoms with van der Waals surface area (Å²) >= 11 is 0. The van der Waals surface area contributed by atoms with Crippen molar-refractivity contribution in [1.29, 1.82) is 0 Å². The largest absolute Gasteiger partial charge is 0.378 e. The van der Waals surface area contributed by atoms with Crippen LogP contribution in [-0.4, -0.2) is 28.2 Å². The van der Waals surface area contributed by atoms with E-state index in [1.54, 1.807) is 13.2 Å². The molecular weight excluding hydrogens is 330 g/mol. The third kappa shape index (κ3) is 2.85. The average molecular weight is 353 g/mol. The lowest BCUT2D eigenvalue weighted by atomic mass is 10.1. The van der Waals surface area contributed by atoms with Gasteiger partial charge in [0.05, 0.1) is 5.69 Å². The van der Waals surface area contributed by atoms with E-state index < -0.39 is 0 Å². The van der Waals surface area contributed by atoms with Gasteiger partial charge in [0.2, 0.25) is 0 Å². The standard InChI is InChI=1S/C19H23N5O2/c1-6-12-11-20-17-15(18(25)24(5)19(26)23(17)4)16(12)21-13-7-9-14(10-8-13)22(2)3/h7-11H,6H2,1-5H3,(H,20,21). The normalized spacial score (nSPS) is 11.0. The van der Waals surface area contributed by atoms with Crippen LogP contribution in [0.2, 0.25) is 0 Å². The van der Waals surface area contributed by atoms with Gasteiger partial charge >= 0.3 is 5.69 Å². The van der Waals surface area contributed by atoms with Crippen molar-refractivity contribution in [1.82, 2.24) is 14.1 Å². The van der Waals surface area contributed by atoms with Gasteiger partial charge in [-0.1, -0.05) is 6.92 Å². The second-order valence-electron chi connectivity index (χ2n) is 6.48. The summed E-state index contributed by atoms with van der Waals surface area (Å²) in [7, 11) is 7.08. The Hall–Kier alpha value is -3.09. The average Bonchev–Trinajstić information content (AvgIpc) is 2.64. The second kappa shape index (κ2) is 6.67. The Kier molecular flexibility index (Phi) is 4.54. The molecule has 0 bridgehead atoms. The van der Waals surface area contributed by atoms with E-state index in [2.05, 4.69) is 10.3 Å². The molecule has 3 aromatic rings. The Morgan fingerprint density at radius 1 is 1.08 bits per heavy atom. The van der Waals surface area contributed by atoms with Crippen molar-refractivity contribution in [3.63, 3.8) is 0 Å². The first-order valence-corrected chi connectivity index (χ1v) is 8.47. The van der Waals surface area contributed by atoms with Crippen molar-refractivity contribution in [3.05, 3.63) is 56.9 Å². The van der Waals surface area contributed by atoms with Crippen LogP contribution in [0.5, 0.6) is 0 Å². The van der Waals surface area contributed by atoms with E-state index in [1.165, 1.54) is 11.6 Å². The molecule has 7 nitrogen and oxygen atoms in total. The fourth-order valence-electron chi connectivity index (χ4n) is 2.97. The highest BCUT2D eigenvalue weighted by atomic mass is 16.2. The number of aryl methyl sites for hydroxylation is 2. The quantitative estimate of drug-likeness (QED) is 0.777. The van der Waals surface area contributed by atoms with Crippen molar-refractivity contribution in [2.45, 2.75) is 13.3 Å². The molecule has 0 spiro atoms. The molecule has 0 aliphatic carbocycles. The molecule has 7 heteroatoms. The monoisotopic (exact) mass is 353 g/mol. The third-order valence-electron chi connectivity index (χ3n) is 4.58. The summed E-state index contributed by atoms with van der Waals surface area (Å²) in [4.78, 5) is 31.4. The molecule has 0 aliphatic heterocycles. The maximum Gasteiger partial charge on any atom is 0.332 e. The number of nitrogens with zero attached hydrogens (tertiary/aromatic N) is 4. The third-order valence-corrected chi connectivity index (χ3v) is 4.58. The zero-order valence-corrected chi connectivity index (χ0v) is 15.7. The molecule has 0 unspecified atom stereocenters. The van der Waals surface area contributed by atoms with Crippen LogP contribution in [0.25, 0.3) is 11.0 Å². The first-order valence-electron chi connectivity index (χ1n) is 8.47. The van der Waals surface area contributed by atoms with Crippen molar-refractivity contribution in [2.75, 3.05) is 24.3 Å². The summed E-state index contributed by atoms with van der Waals surface area (Å²) in [6, 6.07) is 7.94. The Labute approximate surface area is 151 Å². The van der Waals surface area contributed by atoms with E-state index >= 15 is 0 Å². The van der Waals surface area contributed by atoms with Gasteiger partial charge in [-0.15, -0.1) is 0 Å². The minimum Gasteiger partial charge on any atom is -0.378 e. The van der Waals surface area contributed by atoms with Crippen LogP contribution in [0.15, 0.2) is 40.1 Å². The van der Waals surface area contributed by atoms with E-state index in [0.717, 1.165) is 21.5 Å². The van der Waals surface area contributed by atoms with Crippen molar-refractivity contribution in [2.24, 2.45) is 14.1 Å². The number of anilines is 3. The van der Waals surface area contributed by atoms with Crippen molar-refractivity contribution >= 4 is 28.1 Å². The maximum atomic E-state index is 12.8. The molecule has 0 atom stereocenters. The summed E-state index contributed by atoms with van der Waals surface area (Å²) in [5.74, 6) is 0. The highest BCUT2D eigenvalue weighted by Crippen LogP contribution is 2.27. The predicted molar refractivity (Wildman–Crippen MR) is 106 cm³/mol. The van der Waals surface area contributed by atoms with Gasteiger partial charge in [0.25, 0.3) is 5.56 Å². The molecule has 2 heterocycles. The maximum absolute atomic E-state index is 12.8. The van der Waals surface area contributed by atoms with Gasteiger partial charge in [0, 0.05) is 45.8 Å². The Morgan fingerprint density at radius 3 is 2.31 bits per heavy atom. The minimum absolute atomic E-state index is 0.349. The van der Waals surface area contributed by atoms with Crippen molar-refractivity contribution < 1.29 is 0 Å². The first-order chi connectivity index (χ1) is 12.3. The number of aromatic nitrogens is 3. The van der Waals surface area contributed by atoms with Crippen LogP contribution in [0.3, 0.4) is 0 Å². The second-order valence-corrected chi connectivity index (χ2v) is 6.48. The molecule has 0 aliphatic rings. The van der Waals surface area contributed by atoms with Crippen LogP contribution in [0.1, 0.15) is 12.5 Å². The molecular formula is C19H23N5O2. The van der Waals surface area contributed by atoms with Gasteiger partial charge in [-0.3, -0.25) is 13.9 Å². The number of rotatable bonds is 4. The number of nitrogens with one attached hydrogen (secondary N) is 1. The zero-order chi connectivity index (χ0) is 19.0. The number of benzene rings is 1. The zero-order valence-electron chi connectivity index (χ0n) is 15.7. The number of hydrogen-bond donors (Lipinski definition) is 1. The van der Waals surface area contributed by atoms with Crippen LogP contribution in [-0.2, 0) is 20.5 Å². The van der Waals surface area contributed by atoms with Gasteiger partial charge in [-0.2, -0.15) is 0 Å². The topological polar surface area (TPSA) is 72.2 Å². The predicted octanol–water partition coefficient (Wildman–Crippen LogP) is 2.00. The summed E-state index contributed by atoms with van der Waals surface area (Å²) in [5, 5.41) is 3.78. The Bertz CT molecular complexity index is 1080. The number of hydrogen-bond acceptors (Lipinski definition) is 5. The summed E-state index contributed by atoms with van der Waals surface area (Å²) in [6.45, 7) is 2.01. The first kappa shape index (κ1) is 17.7. The van der Waals surface area contributed by atoms with E-state index in [1.807, 2.05) is 50.2 Å². The minimum atomic E-state index is -0.388. The SMILES string of the molecule is CCc1cnc2c(c1Nc1ccc(N(C)C)cc1)c(=O)n(C)c(=O)n2C. The molecule has 2 aromatic heterocycles. The summed E-state index contributed by atoms with van der Waals surface area (Å²) in [5.41, 5.74) is 3.22. The lowest BCUT2D eigenvalue weighted by Crippen LogP contribution is -2.37. The highest BCUT2D eigenvalue weighted by molar-refractivity contribution is 5.92. The highest BCUT2D eigenvalue weighted by Gasteiger charge is 2.16. The van der Waals surface area contributed by atoms with Gasteiger partial charge in [-0.25, -0.2) is 9.78 Å². The molecule has 0 saturated carbocycles. The Morgan fingerprint density at radius 2 is 1.73 bits per heavy atom. The lowest BCUT2D eigenvalue weighted by Gasteiger charge is -2.17. The number of fused-ring (bicyclic) bond motifs is 1. The van der Waals surface area contributed by atoms with Crippen LogP contribution < -0.4 is 21.5 Å². The molecule has 26 heavy (non-hydrogen) atoms. The smallest absolute Gasteiger partial charge is 0.332 e. The van der Waals surface area contributed by atoms with Crippen molar-refractivity contribution in [3.8, 4) is 0 Å². The molecule has 0 fully saturated rings. The molecule has 0 saturated heterocycles. The molecule has 3 rings (SSSR count). The number of pyridine rings is 1. The molecule has 1 N–H and O–H groups in total. The van der Waals surface area contributed by atoms with Crippen LogP contribution in [0.4, 0.5) is 17.1 Å². The van der Waals surface area contributed by atoms with E-state index in [0.29, 0.717) is 23.1 Å². The molecule has 136 valence electrons. The van der Waals surface area contributed by atoms with Crippen LogP contribution >= 0.6 is 0 Å². The molecule has 0 radical (unpaired) electrons. The Balaban J connectivity index is 2.23. The van der Waals surface area contributed by atoms with E-state index in [4.69, 9.17) is 0 Å². The fourth-order valence-corrected chi connectivity index (χ4v) is 2.97. The van der Waals surface area contributed by atoms with Gasteiger partial charge in [0.15, 0.2) is 5.65 Å².